The van der Waals surface area contributed by atoms with Crippen LogP contribution in [0, 0.1) is 11.8 Å². The number of carbonyl (C=O) groups is 1. The minimum absolute atomic E-state index is 0.0257. The Kier molecular flexibility index (Phi) is 3.44. The average molecular weight is 242 g/mol. The zero-order valence-electron chi connectivity index (χ0n) is 9.73. The Labute approximate surface area is 103 Å². The Bertz CT molecular complexity index is 701. The molecule has 90 valence electrons. The highest BCUT2D eigenvalue weighted by Crippen LogP contribution is 2.11. The van der Waals surface area contributed by atoms with Gasteiger partial charge in [0, 0.05) is 11.6 Å². The molecule has 0 saturated heterocycles. The van der Waals surface area contributed by atoms with Crippen LogP contribution >= 0.6 is 0 Å². The Morgan fingerprint density at radius 1 is 1.39 bits per heavy atom. The monoisotopic (exact) mass is 242 g/mol. The molecule has 0 saturated carbocycles. The van der Waals surface area contributed by atoms with Gasteiger partial charge in [0.1, 0.15) is 12.0 Å². The zero-order valence-corrected chi connectivity index (χ0v) is 9.73. The molecular weight excluding hydrogens is 232 g/mol. The van der Waals surface area contributed by atoms with E-state index in [1.807, 2.05) is 0 Å². The molecule has 2 rings (SSSR count). The normalized spacial score (nSPS) is 9.61. The van der Waals surface area contributed by atoms with Crippen LogP contribution in [0.15, 0.2) is 39.7 Å². The van der Waals surface area contributed by atoms with Gasteiger partial charge in [-0.25, -0.2) is 0 Å². The third-order valence-electron chi connectivity index (χ3n) is 2.35. The zero-order chi connectivity index (χ0) is 13.0. The number of hydrogen-bond acceptors (Lipinski definition) is 4. The van der Waals surface area contributed by atoms with Crippen molar-refractivity contribution < 1.29 is 13.9 Å². The molecule has 0 aliphatic rings. The van der Waals surface area contributed by atoms with Gasteiger partial charge in [0.05, 0.1) is 18.8 Å². The van der Waals surface area contributed by atoms with Crippen molar-refractivity contribution in [2.45, 2.75) is 6.42 Å². The maximum absolute atomic E-state index is 11.6. The second kappa shape index (κ2) is 5.19. The van der Waals surface area contributed by atoms with E-state index >= 15 is 0 Å². The summed E-state index contributed by atoms with van der Waals surface area (Å²) in [5, 5.41) is 0.474. The first-order valence-electron chi connectivity index (χ1n) is 5.28. The molecule has 0 fully saturated rings. The predicted octanol–water partition coefficient (Wildman–Crippen LogP) is 1.71. The van der Waals surface area contributed by atoms with Gasteiger partial charge in [0.25, 0.3) is 0 Å². The molecule has 1 aromatic carbocycles. The van der Waals surface area contributed by atoms with Gasteiger partial charge in [-0.2, -0.15) is 0 Å². The summed E-state index contributed by atoms with van der Waals surface area (Å²) in [5.41, 5.74) is 1.05. The lowest BCUT2D eigenvalue weighted by Crippen LogP contribution is -1.98. The molecule has 0 aliphatic heterocycles. The smallest absolute Gasteiger partial charge is 0.317 e. The van der Waals surface area contributed by atoms with E-state index in [1.54, 1.807) is 18.2 Å². The van der Waals surface area contributed by atoms with Crippen LogP contribution in [0.3, 0.4) is 0 Å². The first kappa shape index (κ1) is 11.9. The van der Waals surface area contributed by atoms with E-state index < -0.39 is 0 Å². The second-order valence-electron chi connectivity index (χ2n) is 3.55. The van der Waals surface area contributed by atoms with Crippen LogP contribution in [-0.2, 0) is 9.53 Å². The number of carbonyl (C=O) groups excluding carboxylic acids is 1. The number of benzene rings is 1. The molecule has 0 bridgehead atoms. The molecule has 0 unspecified atom stereocenters. The van der Waals surface area contributed by atoms with E-state index in [9.17, 15) is 9.59 Å². The van der Waals surface area contributed by atoms with Crippen molar-refractivity contribution in [2.24, 2.45) is 0 Å². The minimum atomic E-state index is -0.386. The van der Waals surface area contributed by atoms with Gasteiger partial charge in [-0.3, -0.25) is 9.59 Å². The minimum Gasteiger partial charge on any atom is -0.468 e. The van der Waals surface area contributed by atoms with Crippen molar-refractivity contribution in [1.29, 1.82) is 0 Å². The Morgan fingerprint density at radius 2 is 2.22 bits per heavy atom. The molecule has 2 aromatic rings. The number of methoxy groups -OCH3 is 1. The maximum atomic E-state index is 11.6. The SMILES string of the molecule is COC(=O)CC#Cc1ccc2occc(=O)c2c1. The maximum Gasteiger partial charge on any atom is 0.317 e. The third-order valence-corrected chi connectivity index (χ3v) is 2.35. The Balaban J connectivity index is 2.33. The van der Waals surface area contributed by atoms with Crippen LogP contribution < -0.4 is 5.43 Å². The highest BCUT2D eigenvalue weighted by Gasteiger charge is 2.00. The van der Waals surface area contributed by atoms with Gasteiger partial charge in [0.2, 0.25) is 0 Å². The molecular formula is C14H10O4. The summed E-state index contributed by atoms with van der Waals surface area (Å²) < 4.78 is 9.66. The fraction of sp³-hybridized carbons (Fsp3) is 0.143. The van der Waals surface area contributed by atoms with Crippen LogP contribution in [0.1, 0.15) is 12.0 Å². The van der Waals surface area contributed by atoms with E-state index in [0.717, 1.165) is 0 Å². The van der Waals surface area contributed by atoms with Crippen LogP contribution in [0.4, 0.5) is 0 Å². The second-order valence-corrected chi connectivity index (χ2v) is 3.55. The van der Waals surface area contributed by atoms with Crippen molar-refractivity contribution >= 4 is 16.9 Å². The highest BCUT2D eigenvalue weighted by molar-refractivity contribution is 5.78. The molecule has 0 amide bonds. The molecule has 18 heavy (non-hydrogen) atoms. The fourth-order valence-electron chi connectivity index (χ4n) is 1.45. The topological polar surface area (TPSA) is 56.5 Å². The van der Waals surface area contributed by atoms with Crippen LogP contribution in [0.25, 0.3) is 11.0 Å². The van der Waals surface area contributed by atoms with Gasteiger partial charge in [-0.05, 0) is 18.2 Å². The van der Waals surface area contributed by atoms with Gasteiger partial charge >= 0.3 is 5.97 Å². The van der Waals surface area contributed by atoms with Gasteiger partial charge in [-0.15, -0.1) is 0 Å². The largest absolute Gasteiger partial charge is 0.468 e. The average Bonchev–Trinajstić information content (AvgIpc) is 2.39. The van der Waals surface area contributed by atoms with Crippen LogP contribution in [0.2, 0.25) is 0 Å². The van der Waals surface area contributed by atoms with Crippen molar-refractivity contribution in [2.75, 3.05) is 7.11 Å². The summed E-state index contributed by atoms with van der Waals surface area (Å²) in [5.74, 6) is 5.09. The number of esters is 1. The molecule has 0 N–H and O–H groups in total. The molecule has 4 nitrogen and oxygen atoms in total. The quantitative estimate of drug-likeness (QED) is 0.564. The molecule has 1 heterocycles. The standard InChI is InChI=1S/C14H10O4/c1-17-14(16)4-2-3-10-5-6-13-11(9-10)12(15)7-8-18-13/h5-9H,4H2,1H3. The molecule has 0 atom stereocenters. The van der Waals surface area contributed by atoms with Gasteiger partial charge < -0.3 is 9.15 Å². The summed E-state index contributed by atoms with van der Waals surface area (Å²) in [6, 6.07) is 6.41. The highest BCUT2D eigenvalue weighted by atomic mass is 16.5. The van der Waals surface area contributed by atoms with Gasteiger partial charge in [-0.1, -0.05) is 11.8 Å². The summed E-state index contributed by atoms with van der Waals surface area (Å²) in [6.07, 6.45) is 1.38. The van der Waals surface area contributed by atoms with E-state index in [0.29, 0.717) is 16.5 Å². The van der Waals surface area contributed by atoms with Crippen molar-refractivity contribution in [3.8, 4) is 11.8 Å². The first-order chi connectivity index (χ1) is 8.70. The molecule has 1 aromatic heterocycles. The van der Waals surface area contributed by atoms with Crippen molar-refractivity contribution in [3.05, 3.63) is 46.3 Å². The lowest BCUT2D eigenvalue weighted by Gasteiger charge is -1.95. The van der Waals surface area contributed by atoms with E-state index in [2.05, 4.69) is 16.6 Å². The molecule has 0 aliphatic carbocycles. The summed E-state index contributed by atoms with van der Waals surface area (Å²) in [6.45, 7) is 0. The lowest BCUT2D eigenvalue weighted by molar-refractivity contribution is -0.139. The predicted molar refractivity (Wildman–Crippen MR) is 66.0 cm³/mol. The number of ether oxygens (including phenoxy) is 1. The van der Waals surface area contributed by atoms with Crippen molar-refractivity contribution in [1.82, 2.24) is 0 Å². The first-order valence-corrected chi connectivity index (χ1v) is 5.28. The number of hydrogen-bond donors (Lipinski definition) is 0. The van der Waals surface area contributed by atoms with E-state index in [-0.39, 0.29) is 17.8 Å². The van der Waals surface area contributed by atoms with E-state index in [4.69, 9.17) is 4.42 Å². The van der Waals surface area contributed by atoms with E-state index in [1.165, 1.54) is 19.4 Å². The van der Waals surface area contributed by atoms with Crippen LogP contribution in [-0.4, -0.2) is 13.1 Å². The summed E-state index contributed by atoms with van der Waals surface area (Å²) in [4.78, 5) is 22.5. The molecule has 0 spiro atoms. The molecule has 4 heteroatoms. The number of rotatable bonds is 1. The third kappa shape index (κ3) is 2.58. The Morgan fingerprint density at radius 3 is 3.00 bits per heavy atom. The number of fused-ring (bicyclic) bond motifs is 1. The summed E-state index contributed by atoms with van der Waals surface area (Å²) in [7, 11) is 1.31. The molecule has 0 radical (unpaired) electrons. The fourth-order valence-corrected chi connectivity index (χ4v) is 1.45. The van der Waals surface area contributed by atoms with Crippen molar-refractivity contribution in [3.63, 3.8) is 0 Å². The Hall–Kier alpha value is -2.54. The summed E-state index contributed by atoms with van der Waals surface area (Å²) >= 11 is 0. The lowest BCUT2D eigenvalue weighted by atomic mass is 10.1. The van der Waals surface area contributed by atoms with Crippen LogP contribution in [0.5, 0.6) is 0 Å². The van der Waals surface area contributed by atoms with Gasteiger partial charge in [0.15, 0.2) is 5.43 Å².